The van der Waals surface area contributed by atoms with E-state index in [9.17, 15) is 4.79 Å². The summed E-state index contributed by atoms with van der Waals surface area (Å²) in [5, 5.41) is 0. The molecule has 0 fully saturated rings. The van der Waals surface area contributed by atoms with Crippen molar-refractivity contribution in [2.75, 3.05) is 6.61 Å². The van der Waals surface area contributed by atoms with Crippen LogP contribution in [0.25, 0.3) is 0 Å². The van der Waals surface area contributed by atoms with Gasteiger partial charge in [0.2, 0.25) is 0 Å². The van der Waals surface area contributed by atoms with Gasteiger partial charge in [-0.05, 0) is 103 Å². The summed E-state index contributed by atoms with van der Waals surface area (Å²) in [4.78, 5) is 12.1. The average molecular weight is 543 g/mol. The minimum atomic E-state index is -0.0924. The van der Waals surface area contributed by atoms with E-state index in [1.165, 1.54) is 73.7 Å². The van der Waals surface area contributed by atoms with Crippen LogP contribution in [0.5, 0.6) is 0 Å². The van der Waals surface area contributed by atoms with Crippen molar-refractivity contribution in [3.63, 3.8) is 0 Å². The Hall–Kier alpha value is -1.57. The van der Waals surface area contributed by atoms with Gasteiger partial charge in [-0.3, -0.25) is 4.79 Å². The molecule has 0 heterocycles. The Morgan fingerprint density at radius 1 is 0.564 bits per heavy atom. The molecule has 2 atom stereocenters. The van der Waals surface area contributed by atoms with Gasteiger partial charge < -0.3 is 4.74 Å². The van der Waals surface area contributed by atoms with Crippen molar-refractivity contribution in [2.45, 2.75) is 159 Å². The van der Waals surface area contributed by atoms with E-state index in [0.717, 1.165) is 56.3 Å². The summed E-state index contributed by atoms with van der Waals surface area (Å²) in [6, 6.07) is 0. The highest BCUT2D eigenvalue weighted by molar-refractivity contribution is 5.69. The molecule has 0 bridgehead atoms. The first kappa shape index (κ1) is 37.4. The highest BCUT2D eigenvalue weighted by atomic mass is 16.5. The molecule has 226 valence electrons. The molecule has 0 aromatic rings. The number of carbonyl (C=O) groups excluding carboxylic acids is 1. The van der Waals surface area contributed by atoms with Crippen molar-refractivity contribution >= 4 is 5.97 Å². The highest BCUT2D eigenvalue weighted by Crippen LogP contribution is 2.22. The number of allylic oxidation sites excluding steroid dienone is 7. The summed E-state index contributed by atoms with van der Waals surface area (Å²) in [6.07, 6.45) is 26.5. The molecule has 0 unspecified atom stereocenters. The predicted molar refractivity (Wildman–Crippen MR) is 174 cm³/mol. The van der Waals surface area contributed by atoms with Gasteiger partial charge in [0, 0.05) is 6.42 Å². The summed E-state index contributed by atoms with van der Waals surface area (Å²) < 4.78 is 5.45. The number of hydrogen-bond acceptors (Lipinski definition) is 2. The summed E-state index contributed by atoms with van der Waals surface area (Å²) >= 11 is 0. The third-order valence-corrected chi connectivity index (χ3v) is 7.78. The molecule has 0 aromatic carbocycles. The first-order valence-electron chi connectivity index (χ1n) is 16.2. The summed E-state index contributed by atoms with van der Waals surface area (Å²) in [7, 11) is 0. The maximum Gasteiger partial charge on any atom is 0.306 e. The van der Waals surface area contributed by atoms with Crippen LogP contribution in [0.2, 0.25) is 0 Å². The smallest absolute Gasteiger partial charge is 0.306 e. The predicted octanol–water partition coefficient (Wildman–Crippen LogP) is 12.1. The van der Waals surface area contributed by atoms with Crippen LogP contribution in [0.3, 0.4) is 0 Å². The summed E-state index contributed by atoms with van der Waals surface area (Å²) in [6.45, 7) is 20.8. The van der Waals surface area contributed by atoms with E-state index < -0.39 is 0 Å². The van der Waals surface area contributed by atoms with Gasteiger partial charge in [0.25, 0.3) is 0 Å². The second-order valence-corrected chi connectivity index (χ2v) is 13.1. The standard InChI is InChI=1S/C37H66O2/c1-30(2)16-10-18-32(5)20-12-22-34(7)24-14-25-36(9)28-29-39-37(38)27-15-26-35(8)23-13-21-33(6)19-11-17-31(3)4/h17,21,26,28,30,32,34H,10-16,18-20,22-25,27,29H2,1-9H3/b33-21?,35-26?,36-28+/t32-,34-/m1/s1. The fourth-order valence-corrected chi connectivity index (χ4v) is 4.93. The number of carbonyl (C=O) groups is 1. The summed E-state index contributed by atoms with van der Waals surface area (Å²) in [5.41, 5.74) is 5.56. The van der Waals surface area contributed by atoms with Gasteiger partial charge in [0.05, 0.1) is 0 Å². The van der Waals surface area contributed by atoms with E-state index in [-0.39, 0.29) is 5.97 Å². The lowest BCUT2D eigenvalue weighted by molar-refractivity contribution is -0.142. The van der Waals surface area contributed by atoms with Crippen LogP contribution in [-0.2, 0) is 9.53 Å². The van der Waals surface area contributed by atoms with Gasteiger partial charge in [-0.2, -0.15) is 0 Å². The topological polar surface area (TPSA) is 26.3 Å². The third-order valence-electron chi connectivity index (χ3n) is 7.78. The van der Waals surface area contributed by atoms with Crippen LogP contribution in [0.15, 0.2) is 46.6 Å². The van der Waals surface area contributed by atoms with E-state index in [4.69, 9.17) is 4.74 Å². The van der Waals surface area contributed by atoms with Gasteiger partial charge in [0.1, 0.15) is 6.61 Å². The molecular weight excluding hydrogens is 476 g/mol. The molecule has 2 heteroatoms. The van der Waals surface area contributed by atoms with Crippen molar-refractivity contribution in [2.24, 2.45) is 17.8 Å². The lowest BCUT2D eigenvalue weighted by Crippen LogP contribution is -2.04. The molecule has 0 spiro atoms. The maximum absolute atomic E-state index is 12.1. The largest absolute Gasteiger partial charge is 0.461 e. The van der Waals surface area contributed by atoms with Gasteiger partial charge in [-0.25, -0.2) is 0 Å². The molecule has 0 aromatic heterocycles. The van der Waals surface area contributed by atoms with Crippen molar-refractivity contribution in [1.82, 2.24) is 0 Å². The van der Waals surface area contributed by atoms with Crippen LogP contribution in [0, 0.1) is 17.8 Å². The zero-order valence-corrected chi connectivity index (χ0v) is 27.7. The van der Waals surface area contributed by atoms with Gasteiger partial charge in [0.15, 0.2) is 0 Å². The highest BCUT2D eigenvalue weighted by Gasteiger charge is 2.07. The molecule has 0 rings (SSSR count). The van der Waals surface area contributed by atoms with Crippen LogP contribution < -0.4 is 0 Å². The number of hydrogen-bond donors (Lipinski definition) is 0. The Kier molecular flexibility index (Phi) is 23.3. The molecule has 0 N–H and O–H groups in total. The molecule has 0 aliphatic heterocycles. The monoisotopic (exact) mass is 543 g/mol. The Morgan fingerprint density at radius 2 is 1.03 bits per heavy atom. The fraction of sp³-hybridized carbons (Fsp3) is 0.757. The van der Waals surface area contributed by atoms with E-state index in [2.05, 4.69) is 86.6 Å². The Balaban J connectivity index is 3.92. The molecule has 0 radical (unpaired) electrons. The van der Waals surface area contributed by atoms with Crippen molar-refractivity contribution in [1.29, 1.82) is 0 Å². The minimum absolute atomic E-state index is 0.0924. The summed E-state index contributed by atoms with van der Waals surface area (Å²) in [5.74, 6) is 2.43. The second kappa shape index (κ2) is 24.2. The van der Waals surface area contributed by atoms with Gasteiger partial charge >= 0.3 is 5.97 Å². The molecule has 0 aliphatic carbocycles. The quantitative estimate of drug-likeness (QED) is 0.0947. The van der Waals surface area contributed by atoms with Gasteiger partial charge in [-0.15, -0.1) is 0 Å². The van der Waals surface area contributed by atoms with Crippen LogP contribution in [0.4, 0.5) is 0 Å². The molecule has 2 nitrogen and oxygen atoms in total. The molecule has 0 saturated carbocycles. The van der Waals surface area contributed by atoms with Crippen molar-refractivity contribution in [3.05, 3.63) is 46.6 Å². The van der Waals surface area contributed by atoms with Crippen molar-refractivity contribution in [3.8, 4) is 0 Å². The van der Waals surface area contributed by atoms with E-state index in [1.807, 2.05) is 0 Å². The molecule has 0 amide bonds. The second-order valence-electron chi connectivity index (χ2n) is 13.1. The molecule has 0 aliphatic rings. The van der Waals surface area contributed by atoms with Gasteiger partial charge in [-0.1, -0.05) is 113 Å². The van der Waals surface area contributed by atoms with Crippen LogP contribution in [0.1, 0.15) is 159 Å². The van der Waals surface area contributed by atoms with Crippen LogP contribution >= 0.6 is 0 Å². The average Bonchev–Trinajstić information content (AvgIpc) is 2.83. The normalized spacial score (nSPS) is 14.5. The van der Waals surface area contributed by atoms with E-state index in [0.29, 0.717) is 13.0 Å². The molecular formula is C37H66O2. The molecule has 39 heavy (non-hydrogen) atoms. The minimum Gasteiger partial charge on any atom is -0.461 e. The molecule has 0 saturated heterocycles. The third kappa shape index (κ3) is 26.4. The maximum atomic E-state index is 12.1. The first-order chi connectivity index (χ1) is 18.5. The fourth-order valence-electron chi connectivity index (χ4n) is 4.93. The van der Waals surface area contributed by atoms with E-state index in [1.54, 1.807) is 0 Å². The lowest BCUT2D eigenvalue weighted by atomic mass is 9.91. The van der Waals surface area contributed by atoms with Crippen molar-refractivity contribution < 1.29 is 9.53 Å². The Bertz CT molecular complexity index is 745. The number of ether oxygens (including phenoxy) is 1. The number of esters is 1. The Morgan fingerprint density at radius 3 is 1.56 bits per heavy atom. The lowest BCUT2D eigenvalue weighted by Gasteiger charge is -2.15. The first-order valence-corrected chi connectivity index (χ1v) is 16.2. The van der Waals surface area contributed by atoms with Crippen LogP contribution in [-0.4, -0.2) is 12.6 Å². The number of rotatable bonds is 23. The SMILES string of the molecule is CC(C)=CCCC(C)=CCCC(C)=CCCC(=O)OC/C=C(\C)CCC[C@H](C)CCC[C@H](C)CCCC(C)C. The Labute approximate surface area is 244 Å². The zero-order valence-electron chi connectivity index (χ0n) is 27.7. The van der Waals surface area contributed by atoms with E-state index >= 15 is 0 Å². The zero-order chi connectivity index (χ0) is 29.5.